The van der Waals surface area contributed by atoms with Crippen LogP contribution >= 0.6 is 11.3 Å². The Morgan fingerprint density at radius 1 is 1.61 bits per heavy atom. The quantitative estimate of drug-likeness (QED) is 0.694. The Morgan fingerprint density at radius 2 is 2.39 bits per heavy atom. The molecule has 1 heterocycles. The van der Waals surface area contributed by atoms with Gasteiger partial charge in [0.25, 0.3) is 0 Å². The van der Waals surface area contributed by atoms with E-state index in [0.717, 1.165) is 17.1 Å². The number of carbonyl (C=O) groups excluding carboxylic acids is 1. The molecule has 0 saturated heterocycles. The first kappa shape index (κ1) is 15.1. The highest BCUT2D eigenvalue weighted by molar-refractivity contribution is 7.09. The SMILES string of the molecule is CC(C)OCCCNC(=O)Cc1csc(CN)n1. The lowest BCUT2D eigenvalue weighted by molar-refractivity contribution is -0.120. The van der Waals surface area contributed by atoms with Crippen molar-refractivity contribution >= 4 is 17.2 Å². The lowest BCUT2D eigenvalue weighted by atomic mass is 10.3. The van der Waals surface area contributed by atoms with Crippen LogP contribution < -0.4 is 11.1 Å². The number of rotatable bonds is 8. The van der Waals surface area contributed by atoms with E-state index < -0.39 is 0 Å². The van der Waals surface area contributed by atoms with Crippen LogP contribution in [0.4, 0.5) is 0 Å². The maximum atomic E-state index is 11.6. The van der Waals surface area contributed by atoms with Crippen molar-refractivity contribution < 1.29 is 9.53 Å². The maximum Gasteiger partial charge on any atom is 0.226 e. The van der Waals surface area contributed by atoms with Crippen molar-refractivity contribution in [2.75, 3.05) is 13.2 Å². The van der Waals surface area contributed by atoms with Gasteiger partial charge in [0.15, 0.2) is 0 Å². The van der Waals surface area contributed by atoms with Crippen LogP contribution in [-0.4, -0.2) is 30.1 Å². The zero-order valence-corrected chi connectivity index (χ0v) is 11.8. The highest BCUT2D eigenvalue weighted by atomic mass is 32.1. The summed E-state index contributed by atoms with van der Waals surface area (Å²) in [4.78, 5) is 15.8. The summed E-state index contributed by atoms with van der Waals surface area (Å²) in [5, 5.41) is 5.59. The van der Waals surface area contributed by atoms with Crippen molar-refractivity contribution in [3.8, 4) is 0 Å². The zero-order chi connectivity index (χ0) is 13.4. The molecule has 0 fully saturated rings. The number of aromatic nitrogens is 1. The lowest BCUT2D eigenvalue weighted by Gasteiger charge is -2.07. The monoisotopic (exact) mass is 271 g/mol. The number of nitrogens with one attached hydrogen (secondary N) is 1. The van der Waals surface area contributed by atoms with Gasteiger partial charge in [0.1, 0.15) is 5.01 Å². The summed E-state index contributed by atoms with van der Waals surface area (Å²) >= 11 is 1.49. The first-order chi connectivity index (χ1) is 8.61. The fraction of sp³-hybridized carbons (Fsp3) is 0.667. The first-order valence-electron chi connectivity index (χ1n) is 6.13. The van der Waals surface area contributed by atoms with Crippen molar-refractivity contribution in [1.82, 2.24) is 10.3 Å². The molecular weight excluding hydrogens is 250 g/mol. The summed E-state index contributed by atoms with van der Waals surface area (Å²) in [6.45, 7) is 5.73. The number of hydrogen-bond acceptors (Lipinski definition) is 5. The number of carbonyl (C=O) groups is 1. The summed E-state index contributed by atoms with van der Waals surface area (Å²) in [6, 6.07) is 0. The third-order valence-corrected chi connectivity index (χ3v) is 3.13. The molecule has 0 aliphatic carbocycles. The van der Waals surface area contributed by atoms with Crippen LogP contribution in [0.25, 0.3) is 0 Å². The minimum Gasteiger partial charge on any atom is -0.379 e. The molecule has 3 N–H and O–H groups in total. The number of nitrogens with zero attached hydrogens (tertiary/aromatic N) is 1. The second-order valence-electron chi connectivity index (χ2n) is 4.24. The molecule has 0 unspecified atom stereocenters. The Kier molecular flexibility index (Phi) is 6.85. The van der Waals surface area contributed by atoms with Crippen LogP contribution in [0.2, 0.25) is 0 Å². The standard InChI is InChI=1S/C12H21N3O2S/c1-9(2)17-5-3-4-14-11(16)6-10-8-18-12(7-13)15-10/h8-9H,3-7,13H2,1-2H3,(H,14,16). The second kappa shape index (κ2) is 8.18. The Hall–Kier alpha value is -0.980. The Bertz CT molecular complexity index is 366. The van der Waals surface area contributed by atoms with E-state index in [1.165, 1.54) is 11.3 Å². The fourth-order valence-electron chi connectivity index (χ4n) is 1.37. The largest absolute Gasteiger partial charge is 0.379 e. The first-order valence-corrected chi connectivity index (χ1v) is 7.01. The Labute approximate surface area is 112 Å². The van der Waals surface area contributed by atoms with Gasteiger partial charge in [-0.2, -0.15) is 0 Å². The van der Waals surface area contributed by atoms with Gasteiger partial charge in [0.05, 0.1) is 18.2 Å². The van der Waals surface area contributed by atoms with Crippen LogP contribution in [-0.2, 0) is 22.5 Å². The number of hydrogen-bond donors (Lipinski definition) is 2. The molecule has 1 aromatic heterocycles. The molecule has 5 nitrogen and oxygen atoms in total. The van der Waals surface area contributed by atoms with E-state index in [0.29, 0.717) is 26.1 Å². The molecule has 18 heavy (non-hydrogen) atoms. The van der Waals surface area contributed by atoms with Crippen LogP contribution in [0.15, 0.2) is 5.38 Å². The molecule has 0 spiro atoms. The second-order valence-corrected chi connectivity index (χ2v) is 5.18. The third-order valence-electron chi connectivity index (χ3n) is 2.21. The molecule has 0 saturated carbocycles. The molecule has 0 atom stereocenters. The topological polar surface area (TPSA) is 77.2 Å². The molecule has 0 aliphatic rings. The van der Waals surface area contributed by atoms with Gasteiger partial charge in [-0.25, -0.2) is 4.98 Å². The minimum atomic E-state index is -0.00609. The van der Waals surface area contributed by atoms with Crippen molar-refractivity contribution in [2.24, 2.45) is 5.73 Å². The van der Waals surface area contributed by atoms with E-state index >= 15 is 0 Å². The van der Waals surface area contributed by atoms with Crippen LogP contribution in [0.3, 0.4) is 0 Å². The average molecular weight is 271 g/mol. The molecule has 6 heteroatoms. The van der Waals surface area contributed by atoms with Gasteiger partial charge in [-0.15, -0.1) is 11.3 Å². The summed E-state index contributed by atoms with van der Waals surface area (Å²) in [6.07, 6.45) is 1.39. The zero-order valence-electron chi connectivity index (χ0n) is 10.9. The number of amides is 1. The number of nitrogens with two attached hydrogens (primary N) is 1. The summed E-state index contributed by atoms with van der Waals surface area (Å²) in [5.41, 5.74) is 6.25. The van der Waals surface area contributed by atoms with Crippen LogP contribution in [0.5, 0.6) is 0 Å². The number of ether oxygens (including phenoxy) is 1. The van der Waals surface area contributed by atoms with Crippen LogP contribution in [0, 0.1) is 0 Å². The van der Waals surface area contributed by atoms with E-state index in [-0.39, 0.29) is 12.0 Å². The van der Waals surface area contributed by atoms with Gasteiger partial charge >= 0.3 is 0 Å². The average Bonchev–Trinajstić information content (AvgIpc) is 2.76. The van der Waals surface area contributed by atoms with Crippen molar-refractivity contribution in [2.45, 2.75) is 39.3 Å². The summed E-state index contributed by atoms with van der Waals surface area (Å²) in [7, 11) is 0. The van der Waals surface area contributed by atoms with E-state index in [1.807, 2.05) is 19.2 Å². The smallest absolute Gasteiger partial charge is 0.226 e. The molecule has 0 aromatic carbocycles. The van der Waals surface area contributed by atoms with Gasteiger partial charge in [0.2, 0.25) is 5.91 Å². The van der Waals surface area contributed by atoms with Crippen molar-refractivity contribution in [3.63, 3.8) is 0 Å². The summed E-state index contributed by atoms with van der Waals surface area (Å²) < 4.78 is 5.38. The molecule has 0 bridgehead atoms. The van der Waals surface area contributed by atoms with E-state index in [9.17, 15) is 4.79 Å². The van der Waals surface area contributed by atoms with Gasteiger partial charge < -0.3 is 15.8 Å². The van der Waals surface area contributed by atoms with E-state index in [4.69, 9.17) is 10.5 Å². The molecule has 1 rings (SSSR count). The Balaban J connectivity index is 2.13. The normalized spacial score (nSPS) is 10.9. The summed E-state index contributed by atoms with van der Waals surface area (Å²) in [5.74, 6) is -0.00609. The van der Waals surface area contributed by atoms with Crippen LogP contribution in [0.1, 0.15) is 31.0 Å². The fourth-order valence-corrected chi connectivity index (χ4v) is 2.04. The minimum absolute atomic E-state index is 0.00609. The molecule has 102 valence electrons. The molecule has 1 amide bonds. The highest BCUT2D eigenvalue weighted by Gasteiger charge is 2.06. The lowest BCUT2D eigenvalue weighted by Crippen LogP contribution is -2.27. The van der Waals surface area contributed by atoms with Crippen molar-refractivity contribution in [3.05, 3.63) is 16.1 Å². The van der Waals surface area contributed by atoms with Gasteiger partial charge in [-0.3, -0.25) is 4.79 Å². The van der Waals surface area contributed by atoms with Crippen molar-refractivity contribution in [1.29, 1.82) is 0 Å². The number of thiazole rings is 1. The van der Waals surface area contributed by atoms with Gasteiger partial charge in [-0.1, -0.05) is 0 Å². The maximum absolute atomic E-state index is 11.6. The van der Waals surface area contributed by atoms with E-state index in [2.05, 4.69) is 10.3 Å². The molecule has 0 aliphatic heterocycles. The highest BCUT2D eigenvalue weighted by Crippen LogP contribution is 2.09. The third kappa shape index (κ3) is 6.09. The molecule has 1 aromatic rings. The Morgan fingerprint density at radius 3 is 3.00 bits per heavy atom. The van der Waals surface area contributed by atoms with Gasteiger partial charge in [0, 0.05) is 25.1 Å². The van der Waals surface area contributed by atoms with Gasteiger partial charge in [-0.05, 0) is 20.3 Å². The predicted molar refractivity (Wildman–Crippen MR) is 72.4 cm³/mol. The molecular formula is C12H21N3O2S. The predicted octanol–water partition coefficient (Wildman–Crippen LogP) is 1.08. The molecule has 0 radical (unpaired) electrons. The van der Waals surface area contributed by atoms with E-state index in [1.54, 1.807) is 0 Å².